The maximum atomic E-state index is 5.71. The molecule has 0 fully saturated rings. The van der Waals surface area contributed by atoms with Gasteiger partial charge in [0.15, 0.2) is 0 Å². The van der Waals surface area contributed by atoms with Gasteiger partial charge in [-0.3, -0.25) is 0 Å². The highest BCUT2D eigenvalue weighted by molar-refractivity contribution is 5.19. The van der Waals surface area contributed by atoms with Gasteiger partial charge in [0.25, 0.3) is 0 Å². The number of furan rings is 1. The Morgan fingerprint density at radius 3 is 2.74 bits per heavy atom. The van der Waals surface area contributed by atoms with Crippen LogP contribution in [-0.2, 0) is 17.9 Å². The van der Waals surface area contributed by atoms with E-state index in [9.17, 15) is 0 Å². The minimum atomic E-state index is 0.676. The first kappa shape index (κ1) is 16.3. The van der Waals surface area contributed by atoms with E-state index in [0.29, 0.717) is 6.61 Å². The first-order valence-electron chi connectivity index (χ1n) is 7.64. The van der Waals surface area contributed by atoms with Gasteiger partial charge in [0.05, 0.1) is 13.2 Å². The first-order valence-corrected chi connectivity index (χ1v) is 7.64. The van der Waals surface area contributed by atoms with E-state index in [1.54, 1.807) is 0 Å². The Kier molecular flexibility index (Phi) is 8.59. The maximum absolute atomic E-state index is 5.71. The average molecular weight is 267 g/mol. The lowest BCUT2D eigenvalue weighted by atomic mass is 10.2. The number of rotatable bonds is 11. The monoisotopic (exact) mass is 267 g/mol. The third-order valence-electron chi connectivity index (χ3n) is 3.20. The largest absolute Gasteiger partial charge is 0.465 e. The number of aryl methyl sites for hydroxylation is 1. The molecular weight excluding hydrogens is 238 g/mol. The van der Waals surface area contributed by atoms with Crippen molar-refractivity contribution in [2.24, 2.45) is 0 Å². The molecule has 0 unspecified atom stereocenters. The third-order valence-corrected chi connectivity index (χ3v) is 3.20. The average Bonchev–Trinajstić information content (AvgIpc) is 2.75. The molecule has 1 aromatic heterocycles. The summed E-state index contributed by atoms with van der Waals surface area (Å²) in [5, 5.41) is 3.35. The van der Waals surface area contributed by atoms with Gasteiger partial charge in [-0.2, -0.15) is 0 Å². The Balaban J connectivity index is 2.21. The van der Waals surface area contributed by atoms with Crippen LogP contribution in [0.5, 0.6) is 0 Å². The lowest BCUT2D eigenvalue weighted by molar-refractivity contribution is 0.116. The predicted molar refractivity (Wildman–Crippen MR) is 79.2 cm³/mol. The molecule has 0 amide bonds. The van der Waals surface area contributed by atoms with Crippen LogP contribution in [0.1, 0.15) is 63.0 Å². The molecule has 19 heavy (non-hydrogen) atoms. The Bertz CT molecular complexity index is 333. The highest BCUT2D eigenvalue weighted by Crippen LogP contribution is 2.16. The fourth-order valence-electron chi connectivity index (χ4n) is 2.02. The first-order chi connectivity index (χ1) is 9.27. The Hall–Kier alpha value is -0.800. The van der Waals surface area contributed by atoms with E-state index in [1.165, 1.54) is 24.8 Å². The molecule has 0 aliphatic rings. The number of hydrogen-bond donors (Lipinski definition) is 1. The SMILES string of the molecule is CCCCCCOCc1cc(CNCCC)oc1C. The number of nitrogens with one attached hydrogen (secondary N) is 1. The van der Waals surface area contributed by atoms with Crippen LogP contribution in [0.2, 0.25) is 0 Å². The molecule has 0 spiro atoms. The summed E-state index contributed by atoms with van der Waals surface area (Å²) in [6.07, 6.45) is 6.16. The summed E-state index contributed by atoms with van der Waals surface area (Å²) >= 11 is 0. The zero-order chi connectivity index (χ0) is 13.9. The van der Waals surface area contributed by atoms with Crippen LogP contribution >= 0.6 is 0 Å². The minimum absolute atomic E-state index is 0.676. The van der Waals surface area contributed by atoms with Crippen LogP contribution < -0.4 is 5.32 Å². The van der Waals surface area contributed by atoms with E-state index in [2.05, 4.69) is 25.2 Å². The molecule has 1 aromatic rings. The van der Waals surface area contributed by atoms with Crippen molar-refractivity contribution in [3.63, 3.8) is 0 Å². The fourth-order valence-corrected chi connectivity index (χ4v) is 2.02. The smallest absolute Gasteiger partial charge is 0.118 e. The van der Waals surface area contributed by atoms with Gasteiger partial charge in [0.2, 0.25) is 0 Å². The summed E-state index contributed by atoms with van der Waals surface area (Å²) in [5.41, 5.74) is 1.18. The van der Waals surface area contributed by atoms with Crippen molar-refractivity contribution >= 4 is 0 Å². The predicted octanol–water partition coefficient (Wildman–Crippen LogP) is 4.18. The van der Waals surface area contributed by atoms with Crippen molar-refractivity contribution < 1.29 is 9.15 Å². The van der Waals surface area contributed by atoms with E-state index in [-0.39, 0.29) is 0 Å². The van der Waals surface area contributed by atoms with Gasteiger partial charge >= 0.3 is 0 Å². The highest BCUT2D eigenvalue weighted by atomic mass is 16.5. The van der Waals surface area contributed by atoms with Gasteiger partial charge < -0.3 is 14.5 Å². The number of ether oxygens (including phenoxy) is 1. The van der Waals surface area contributed by atoms with Crippen LogP contribution in [-0.4, -0.2) is 13.2 Å². The van der Waals surface area contributed by atoms with Gasteiger partial charge in [0, 0.05) is 12.2 Å². The van der Waals surface area contributed by atoms with Gasteiger partial charge in [-0.1, -0.05) is 33.1 Å². The van der Waals surface area contributed by atoms with Gasteiger partial charge in [-0.15, -0.1) is 0 Å². The van der Waals surface area contributed by atoms with E-state index in [0.717, 1.165) is 44.1 Å². The van der Waals surface area contributed by atoms with Crippen LogP contribution in [0.25, 0.3) is 0 Å². The molecule has 0 bridgehead atoms. The van der Waals surface area contributed by atoms with Crippen molar-refractivity contribution in [3.05, 3.63) is 23.2 Å². The maximum Gasteiger partial charge on any atom is 0.118 e. The lowest BCUT2D eigenvalue weighted by Gasteiger charge is -2.02. The van der Waals surface area contributed by atoms with Crippen molar-refractivity contribution in [2.45, 2.75) is 66.0 Å². The summed E-state index contributed by atoms with van der Waals surface area (Å²) in [4.78, 5) is 0. The molecule has 0 aliphatic heterocycles. The summed E-state index contributed by atoms with van der Waals surface area (Å²) in [6.45, 7) is 9.78. The number of hydrogen-bond acceptors (Lipinski definition) is 3. The van der Waals surface area contributed by atoms with Crippen molar-refractivity contribution in [1.82, 2.24) is 5.32 Å². The van der Waals surface area contributed by atoms with Crippen LogP contribution in [0.3, 0.4) is 0 Å². The molecule has 0 saturated heterocycles. The quantitative estimate of drug-likeness (QED) is 0.611. The standard InChI is InChI=1S/C16H29NO2/c1-4-6-7-8-10-18-13-15-11-16(19-14(15)3)12-17-9-5-2/h11,17H,4-10,12-13H2,1-3H3. The van der Waals surface area contributed by atoms with Gasteiger partial charge in [0.1, 0.15) is 11.5 Å². The third kappa shape index (κ3) is 6.79. The molecular formula is C16H29NO2. The molecule has 0 saturated carbocycles. The van der Waals surface area contributed by atoms with E-state index >= 15 is 0 Å². The summed E-state index contributed by atoms with van der Waals surface area (Å²) in [5.74, 6) is 2.00. The zero-order valence-corrected chi connectivity index (χ0v) is 12.8. The molecule has 1 N–H and O–H groups in total. The van der Waals surface area contributed by atoms with Crippen LogP contribution in [0.4, 0.5) is 0 Å². The summed E-state index contributed by atoms with van der Waals surface area (Å²) < 4.78 is 11.4. The van der Waals surface area contributed by atoms with Gasteiger partial charge in [-0.25, -0.2) is 0 Å². The topological polar surface area (TPSA) is 34.4 Å². The van der Waals surface area contributed by atoms with E-state index in [1.807, 2.05) is 6.92 Å². The second-order valence-corrected chi connectivity index (χ2v) is 5.08. The molecule has 0 aromatic carbocycles. The second kappa shape index (κ2) is 10.0. The highest BCUT2D eigenvalue weighted by Gasteiger charge is 2.07. The molecule has 3 heteroatoms. The Morgan fingerprint density at radius 1 is 1.16 bits per heavy atom. The summed E-state index contributed by atoms with van der Waals surface area (Å²) in [6, 6.07) is 2.12. The van der Waals surface area contributed by atoms with E-state index in [4.69, 9.17) is 9.15 Å². The molecule has 1 rings (SSSR count). The van der Waals surface area contributed by atoms with Crippen LogP contribution in [0, 0.1) is 6.92 Å². The molecule has 0 aliphatic carbocycles. The Morgan fingerprint density at radius 2 is 2.00 bits per heavy atom. The Labute approximate surface area is 117 Å². The van der Waals surface area contributed by atoms with Crippen molar-refractivity contribution in [3.8, 4) is 0 Å². The lowest BCUT2D eigenvalue weighted by Crippen LogP contribution is -2.13. The normalized spacial score (nSPS) is 11.1. The van der Waals surface area contributed by atoms with Crippen molar-refractivity contribution in [2.75, 3.05) is 13.2 Å². The fraction of sp³-hybridized carbons (Fsp3) is 0.750. The van der Waals surface area contributed by atoms with E-state index < -0.39 is 0 Å². The molecule has 110 valence electrons. The number of unbranched alkanes of at least 4 members (excludes halogenated alkanes) is 3. The molecule has 0 radical (unpaired) electrons. The molecule has 0 atom stereocenters. The minimum Gasteiger partial charge on any atom is -0.465 e. The summed E-state index contributed by atoms with van der Waals surface area (Å²) in [7, 11) is 0. The second-order valence-electron chi connectivity index (χ2n) is 5.08. The zero-order valence-electron chi connectivity index (χ0n) is 12.8. The molecule has 1 heterocycles. The molecule has 3 nitrogen and oxygen atoms in total. The van der Waals surface area contributed by atoms with Crippen molar-refractivity contribution in [1.29, 1.82) is 0 Å². The van der Waals surface area contributed by atoms with Gasteiger partial charge in [-0.05, 0) is 32.4 Å². The van der Waals surface area contributed by atoms with Crippen LogP contribution in [0.15, 0.2) is 10.5 Å².